The van der Waals surface area contributed by atoms with E-state index in [1.807, 2.05) is 6.92 Å². The van der Waals surface area contributed by atoms with Crippen molar-refractivity contribution < 1.29 is 14.2 Å². The zero-order chi connectivity index (χ0) is 14.5. The number of methoxy groups -OCH3 is 2. The van der Waals surface area contributed by atoms with Crippen molar-refractivity contribution in [3.63, 3.8) is 0 Å². The van der Waals surface area contributed by atoms with Crippen LogP contribution in [-0.2, 0) is 4.74 Å². The third-order valence-electron chi connectivity index (χ3n) is 3.68. The Kier molecular flexibility index (Phi) is 5.14. The summed E-state index contributed by atoms with van der Waals surface area (Å²) in [5.41, 5.74) is 6.92. The quantitative estimate of drug-likeness (QED) is 0.819. The topological polar surface area (TPSA) is 79.5 Å². The molecule has 20 heavy (non-hydrogen) atoms. The molecule has 1 aromatic heterocycles. The highest BCUT2D eigenvalue weighted by Crippen LogP contribution is 2.37. The van der Waals surface area contributed by atoms with Crippen LogP contribution in [0.25, 0.3) is 0 Å². The summed E-state index contributed by atoms with van der Waals surface area (Å²) in [5.74, 6) is 1.46. The van der Waals surface area contributed by atoms with Crippen LogP contribution in [0, 0.1) is 5.92 Å². The fourth-order valence-electron chi connectivity index (χ4n) is 2.58. The van der Waals surface area contributed by atoms with E-state index >= 15 is 0 Å². The van der Waals surface area contributed by atoms with Crippen LogP contribution in [0.5, 0.6) is 11.8 Å². The molecule has 2 N–H and O–H groups in total. The van der Waals surface area contributed by atoms with Crippen LogP contribution in [0.3, 0.4) is 0 Å². The molecular formula is C14H23N3O3. The van der Waals surface area contributed by atoms with Gasteiger partial charge in [0.2, 0.25) is 11.8 Å². The molecule has 0 aliphatic heterocycles. The van der Waals surface area contributed by atoms with Gasteiger partial charge < -0.3 is 19.9 Å². The van der Waals surface area contributed by atoms with Crippen molar-refractivity contribution in [2.24, 2.45) is 11.7 Å². The van der Waals surface area contributed by atoms with E-state index in [-0.39, 0.29) is 6.04 Å². The number of ether oxygens (including phenoxy) is 3. The Morgan fingerprint density at radius 2 is 2.10 bits per heavy atom. The highest BCUT2D eigenvalue weighted by Gasteiger charge is 2.32. The molecule has 0 bridgehead atoms. The van der Waals surface area contributed by atoms with Crippen LogP contribution >= 0.6 is 0 Å². The summed E-state index contributed by atoms with van der Waals surface area (Å²) in [4.78, 5) is 8.53. The lowest BCUT2D eigenvalue weighted by atomic mass is 9.78. The first-order chi connectivity index (χ1) is 9.67. The van der Waals surface area contributed by atoms with Gasteiger partial charge in [0, 0.05) is 6.61 Å². The summed E-state index contributed by atoms with van der Waals surface area (Å²) in [6.07, 6.45) is 5.00. The zero-order valence-corrected chi connectivity index (χ0v) is 12.3. The summed E-state index contributed by atoms with van der Waals surface area (Å²) in [7, 11) is 3.11. The second-order valence-corrected chi connectivity index (χ2v) is 5.06. The lowest BCUT2D eigenvalue weighted by Crippen LogP contribution is -2.33. The predicted molar refractivity (Wildman–Crippen MR) is 74.8 cm³/mol. The van der Waals surface area contributed by atoms with E-state index in [9.17, 15) is 0 Å². The van der Waals surface area contributed by atoms with Gasteiger partial charge in [-0.1, -0.05) is 0 Å². The summed E-state index contributed by atoms with van der Waals surface area (Å²) < 4.78 is 15.8. The van der Waals surface area contributed by atoms with E-state index in [1.54, 1.807) is 20.4 Å². The zero-order valence-electron chi connectivity index (χ0n) is 12.3. The number of nitrogens with two attached hydrogens (primary N) is 1. The molecule has 0 spiro atoms. The summed E-state index contributed by atoms with van der Waals surface area (Å²) in [6, 6.07) is -0.170. The van der Waals surface area contributed by atoms with Crippen molar-refractivity contribution in [3.05, 3.63) is 11.9 Å². The van der Waals surface area contributed by atoms with Gasteiger partial charge in [0.1, 0.15) is 5.69 Å². The lowest BCUT2D eigenvalue weighted by molar-refractivity contribution is -0.0283. The van der Waals surface area contributed by atoms with Crippen molar-refractivity contribution in [1.82, 2.24) is 9.97 Å². The monoisotopic (exact) mass is 281 g/mol. The second kappa shape index (κ2) is 6.85. The van der Waals surface area contributed by atoms with Crippen LogP contribution < -0.4 is 15.2 Å². The molecule has 1 atom stereocenters. The highest BCUT2D eigenvalue weighted by molar-refractivity contribution is 5.25. The van der Waals surface area contributed by atoms with E-state index in [1.165, 1.54) is 0 Å². The van der Waals surface area contributed by atoms with E-state index < -0.39 is 0 Å². The van der Waals surface area contributed by atoms with E-state index in [0.717, 1.165) is 25.9 Å². The number of hydrogen-bond donors (Lipinski definition) is 1. The van der Waals surface area contributed by atoms with Gasteiger partial charge in [-0.15, -0.1) is 0 Å². The minimum absolute atomic E-state index is 0.170. The van der Waals surface area contributed by atoms with Gasteiger partial charge in [-0.25, -0.2) is 4.98 Å². The highest BCUT2D eigenvalue weighted by atomic mass is 16.5. The van der Waals surface area contributed by atoms with Crippen LogP contribution in [0.2, 0.25) is 0 Å². The normalized spacial score (nSPS) is 23.0. The average molecular weight is 281 g/mol. The molecular weight excluding hydrogens is 258 g/mol. The molecule has 0 amide bonds. The average Bonchev–Trinajstić information content (AvgIpc) is 2.44. The van der Waals surface area contributed by atoms with Gasteiger partial charge in [-0.2, -0.15) is 4.98 Å². The maximum Gasteiger partial charge on any atom is 0.240 e. The minimum Gasteiger partial charge on any atom is -0.480 e. The molecule has 1 aliphatic rings. The number of aromatic nitrogens is 2. The van der Waals surface area contributed by atoms with E-state index in [2.05, 4.69) is 9.97 Å². The standard InChI is InChI=1S/C14H23N3O3/c1-4-20-10-5-9(6-10)7-11(15)13-14(19-3)17-12(18-2)8-16-13/h8-11H,4-7,15H2,1-3H3. The van der Waals surface area contributed by atoms with Crippen LogP contribution in [0.15, 0.2) is 6.20 Å². The maximum absolute atomic E-state index is 6.23. The minimum atomic E-state index is -0.170. The number of rotatable bonds is 7. The Morgan fingerprint density at radius 3 is 2.70 bits per heavy atom. The Hall–Kier alpha value is -1.40. The molecule has 6 nitrogen and oxygen atoms in total. The lowest BCUT2D eigenvalue weighted by Gasteiger charge is -2.36. The van der Waals surface area contributed by atoms with Gasteiger partial charge in [0.05, 0.1) is 32.6 Å². The van der Waals surface area contributed by atoms with Crippen LogP contribution in [0.1, 0.15) is 37.9 Å². The SMILES string of the molecule is CCOC1CC(CC(N)c2ncc(OC)nc2OC)C1. The third-order valence-corrected chi connectivity index (χ3v) is 3.68. The van der Waals surface area contributed by atoms with Crippen molar-refractivity contribution >= 4 is 0 Å². The van der Waals surface area contributed by atoms with Crippen molar-refractivity contribution in [3.8, 4) is 11.8 Å². The first-order valence-electron chi connectivity index (χ1n) is 7.00. The molecule has 1 heterocycles. The Morgan fingerprint density at radius 1 is 1.35 bits per heavy atom. The first-order valence-corrected chi connectivity index (χ1v) is 7.00. The Bertz CT molecular complexity index is 436. The number of nitrogens with zero attached hydrogens (tertiary/aromatic N) is 2. The fraction of sp³-hybridized carbons (Fsp3) is 0.714. The third kappa shape index (κ3) is 3.37. The van der Waals surface area contributed by atoms with Gasteiger partial charge in [0.25, 0.3) is 0 Å². The summed E-state index contributed by atoms with van der Waals surface area (Å²) >= 11 is 0. The molecule has 1 unspecified atom stereocenters. The molecule has 2 rings (SSSR count). The largest absolute Gasteiger partial charge is 0.480 e. The molecule has 112 valence electrons. The molecule has 1 aromatic rings. The fourth-order valence-corrected chi connectivity index (χ4v) is 2.58. The van der Waals surface area contributed by atoms with Gasteiger partial charge >= 0.3 is 0 Å². The summed E-state index contributed by atoms with van der Waals surface area (Å²) in [6.45, 7) is 2.80. The Labute approximate surface area is 119 Å². The number of hydrogen-bond acceptors (Lipinski definition) is 6. The Balaban J connectivity index is 1.94. The van der Waals surface area contributed by atoms with Crippen molar-refractivity contribution in [2.45, 2.75) is 38.3 Å². The molecule has 1 aliphatic carbocycles. The molecule has 1 saturated carbocycles. The van der Waals surface area contributed by atoms with Crippen LogP contribution in [-0.4, -0.2) is 36.9 Å². The predicted octanol–water partition coefficient (Wildman–Crippen LogP) is 1.70. The van der Waals surface area contributed by atoms with E-state index in [4.69, 9.17) is 19.9 Å². The molecule has 0 saturated heterocycles. The van der Waals surface area contributed by atoms with Crippen molar-refractivity contribution in [1.29, 1.82) is 0 Å². The maximum atomic E-state index is 6.23. The molecule has 0 aromatic carbocycles. The van der Waals surface area contributed by atoms with Gasteiger partial charge in [-0.05, 0) is 32.1 Å². The van der Waals surface area contributed by atoms with Gasteiger partial charge in [0.15, 0.2) is 0 Å². The summed E-state index contributed by atoms with van der Waals surface area (Å²) in [5, 5.41) is 0. The molecule has 6 heteroatoms. The van der Waals surface area contributed by atoms with E-state index in [0.29, 0.717) is 29.5 Å². The smallest absolute Gasteiger partial charge is 0.240 e. The molecule has 1 fully saturated rings. The van der Waals surface area contributed by atoms with Crippen LogP contribution in [0.4, 0.5) is 0 Å². The molecule has 0 radical (unpaired) electrons. The van der Waals surface area contributed by atoms with Gasteiger partial charge in [-0.3, -0.25) is 0 Å². The second-order valence-electron chi connectivity index (χ2n) is 5.06. The van der Waals surface area contributed by atoms with Crippen molar-refractivity contribution in [2.75, 3.05) is 20.8 Å². The first kappa shape index (κ1) is 15.0.